The summed E-state index contributed by atoms with van der Waals surface area (Å²) >= 11 is 3.22. The Balaban J connectivity index is 2.28. The molecule has 1 aromatic carbocycles. The largest absolute Gasteiger partial charge is 0.399 e. The minimum Gasteiger partial charge on any atom is -0.399 e. The van der Waals surface area contributed by atoms with Crippen LogP contribution in [-0.4, -0.2) is 13.4 Å². The fraction of sp³-hybridized carbons (Fsp3) is 0.154. The molecule has 2 aromatic rings. The van der Waals surface area contributed by atoms with Crippen molar-refractivity contribution in [3.05, 3.63) is 52.8 Å². The third-order valence-corrected chi connectivity index (χ3v) is 5.28. The van der Waals surface area contributed by atoms with Gasteiger partial charge in [-0.05, 0) is 52.7 Å². The Morgan fingerprint density at radius 3 is 2.70 bits per heavy atom. The molecule has 2 rings (SSSR count). The van der Waals surface area contributed by atoms with E-state index in [1.165, 1.54) is 6.07 Å². The predicted molar refractivity (Wildman–Crippen MR) is 81.5 cm³/mol. The van der Waals surface area contributed by atoms with Gasteiger partial charge in [0.05, 0.1) is 4.90 Å². The second-order valence-corrected chi connectivity index (χ2v) is 6.86. The van der Waals surface area contributed by atoms with Crippen molar-refractivity contribution in [3.63, 3.8) is 0 Å². The van der Waals surface area contributed by atoms with Crippen molar-refractivity contribution < 1.29 is 8.42 Å². The summed E-state index contributed by atoms with van der Waals surface area (Å²) in [7, 11) is -3.64. The molecule has 106 valence electrons. The molecular formula is C13H14BrN3O2S. The number of halogens is 1. The number of anilines is 1. The Morgan fingerprint density at radius 1 is 1.35 bits per heavy atom. The summed E-state index contributed by atoms with van der Waals surface area (Å²) in [5, 5.41) is 0. The van der Waals surface area contributed by atoms with Gasteiger partial charge in [-0.3, -0.25) is 4.98 Å². The van der Waals surface area contributed by atoms with Gasteiger partial charge in [0.1, 0.15) is 0 Å². The van der Waals surface area contributed by atoms with Crippen LogP contribution in [-0.2, 0) is 10.0 Å². The standard InChI is InChI=1S/C13H14BrN3O2S/c1-9(10-3-2-6-16-8-10)17-20(18,19)13-5-4-11(15)7-12(13)14/h2-9,17H,15H2,1H3. The Kier molecular flexibility index (Phi) is 4.42. The molecule has 20 heavy (non-hydrogen) atoms. The van der Waals surface area contributed by atoms with Gasteiger partial charge in [0, 0.05) is 28.6 Å². The van der Waals surface area contributed by atoms with Gasteiger partial charge in [-0.1, -0.05) is 6.07 Å². The van der Waals surface area contributed by atoms with Crippen LogP contribution < -0.4 is 10.5 Å². The number of nitrogens with zero attached hydrogens (tertiary/aromatic N) is 1. The van der Waals surface area contributed by atoms with Crippen molar-refractivity contribution in [2.24, 2.45) is 0 Å². The number of nitrogens with one attached hydrogen (secondary N) is 1. The Bertz CT molecular complexity index is 705. The zero-order chi connectivity index (χ0) is 14.8. The number of sulfonamides is 1. The first-order valence-corrected chi connectivity index (χ1v) is 8.15. The Hall–Kier alpha value is -1.44. The molecule has 5 nitrogen and oxygen atoms in total. The maximum absolute atomic E-state index is 12.3. The average Bonchev–Trinajstić information content (AvgIpc) is 2.38. The number of nitrogen functional groups attached to an aromatic ring is 1. The number of rotatable bonds is 4. The lowest BCUT2D eigenvalue weighted by Crippen LogP contribution is -2.27. The summed E-state index contributed by atoms with van der Waals surface area (Å²) in [6.45, 7) is 1.76. The van der Waals surface area contributed by atoms with Crippen molar-refractivity contribution in [2.75, 3.05) is 5.73 Å². The lowest BCUT2D eigenvalue weighted by atomic mass is 10.2. The molecule has 1 heterocycles. The van der Waals surface area contributed by atoms with Crippen molar-refractivity contribution >= 4 is 31.6 Å². The highest BCUT2D eigenvalue weighted by molar-refractivity contribution is 9.10. The molecule has 0 bridgehead atoms. The smallest absolute Gasteiger partial charge is 0.242 e. The molecule has 0 aliphatic rings. The van der Waals surface area contributed by atoms with Gasteiger partial charge in [-0.25, -0.2) is 13.1 Å². The number of nitrogens with two attached hydrogens (primary N) is 1. The van der Waals surface area contributed by atoms with Gasteiger partial charge in [0.25, 0.3) is 0 Å². The summed E-state index contributed by atoms with van der Waals surface area (Å²) in [6, 6.07) is 7.78. The summed E-state index contributed by atoms with van der Waals surface area (Å²) < 4.78 is 27.7. The van der Waals surface area contributed by atoms with Crippen LogP contribution in [0.4, 0.5) is 5.69 Å². The molecule has 0 aliphatic carbocycles. The molecule has 0 amide bonds. The molecule has 1 unspecified atom stereocenters. The molecule has 0 fully saturated rings. The molecule has 0 saturated heterocycles. The molecule has 1 aromatic heterocycles. The number of aromatic nitrogens is 1. The van der Waals surface area contributed by atoms with Gasteiger partial charge in [-0.15, -0.1) is 0 Å². The van der Waals surface area contributed by atoms with E-state index in [1.54, 1.807) is 37.5 Å². The monoisotopic (exact) mass is 355 g/mol. The van der Waals surface area contributed by atoms with Crippen molar-refractivity contribution in [1.29, 1.82) is 0 Å². The predicted octanol–water partition coefficient (Wildman–Crippen LogP) is 2.47. The fourth-order valence-corrected chi connectivity index (χ4v) is 4.06. The van der Waals surface area contributed by atoms with Crippen LogP contribution in [0, 0.1) is 0 Å². The van der Waals surface area contributed by atoms with E-state index in [0.29, 0.717) is 10.2 Å². The van der Waals surface area contributed by atoms with E-state index in [9.17, 15) is 8.42 Å². The summed E-state index contributed by atoms with van der Waals surface area (Å²) in [5.41, 5.74) is 6.90. The number of pyridine rings is 1. The van der Waals surface area contributed by atoms with E-state index in [0.717, 1.165) is 5.56 Å². The van der Waals surface area contributed by atoms with Gasteiger partial charge in [-0.2, -0.15) is 0 Å². The van der Waals surface area contributed by atoms with Crippen LogP contribution >= 0.6 is 15.9 Å². The van der Waals surface area contributed by atoms with E-state index in [1.807, 2.05) is 6.07 Å². The van der Waals surface area contributed by atoms with Gasteiger partial charge < -0.3 is 5.73 Å². The molecule has 0 aliphatic heterocycles. The van der Waals surface area contributed by atoms with E-state index in [-0.39, 0.29) is 10.9 Å². The SMILES string of the molecule is CC(NS(=O)(=O)c1ccc(N)cc1Br)c1cccnc1. The third kappa shape index (κ3) is 3.36. The second kappa shape index (κ2) is 5.90. The van der Waals surface area contributed by atoms with Crippen LogP contribution in [0.3, 0.4) is 0 Å². The van der Waals surface area contributed by atoms with Gasteiger partial charge in [0.2, 0.25) is 10.0 Å². The molecule has 0 radical (unpaired) electrons. The van der Waals surface area contributed by atoms with Gasteiger partial charge in [0.15, 0.2) is 0 Å². The summed E-state index contributed by atoms with van der Waals surface area (Å²) in [4.78, 5) is 4.13. The maximum Gasteiger partial charge on any atom is 0.242 e. The van der Waals surface area contributed by atoms with E-state index in [4.69, 9.17) is 5.73 Å². The summed E-state index contributed by atoms with van der Waals surface area (Å²) in [5.74, 6) is 0. The average molecular weight is 356 g/mol. The van der Waals surface area contributed by atoms with E-state index < -0.39 is 10.0 Å². The normalized spacial score (nSPS) is 13.1. The number of benzene rings is 1. The first-order valence-electron chi connectivity index (χ1n) is 5.87. The van der Waals surface area contributed by atoms with Gasteiger partial charge >= 0.3 is 0 Å². The topological polar surface area (TPSA) is 85.1 Å². The third-order valence-electron chi connectivity index (χ3n) is 2.76. The van der Waals surface area contributed by atoms with Crippen LogP contribution in [0.15, 0.2) is 52.1 Å². The molecule has 0 saturated carbocycles. The highest BCUT2D eigenvalue weighted by atomic mass is 79.9. The first kappa shape index (κ1) is 15.0. The van der Waals surface area contributed by atoms with Crippen LogP contribution in [0.5, 0.6) is 0 Å². The van der Waals surface area contributed by atoms with E-state index in [2.05, 4.69) is 25.6 Å². The van der Waals surface area contributed by atoms with E-state index >= 15 is 0 Å². The Labute approximate surface area is 126 Å². The highest BCUT2D eigenvalue weighted by Gasteiger charge is 2.21. The first-order chi connectivity index (χ1) is 9.40. The molecular weight excluding hydrogens is 342 g/mol. The number of hydrogen-bond acceptors (Lipinski definition) is 4. The zero-order valence-corrected chi connectivity index (χ0v) is 13.1. The van der Waals surface area contributed by atoms with Crippen LogP contribution in [0.25, 0.3) is 0 Å². The Morgan fingerprint density at radius 2 is 2.10 bits per heavy atom. The minimum atomic E-state index is -3.64. The molecule has 7 heteroatoms. The molecule has 0 spiro atoms. The highest BCUT2D eigenvalue weighted by Crippen LogP contribution is 2.25. The lowest BCUT2D eigenvalue weighted by Gasteiger charge is -2.15. The lowest BCUT2D eigenvalue weighted by molar-refractivity contribution is 0.566. The van der Waals surface area contributed by atoms with Crippen molar-refractivity contribution in [2.45, 2.75) is 17.9 Å². The fourth-order valence-electron chi connectivity index (χ4n) is 1.73. The zero-order valence-electron chi connectivity index (χ0n) is 10.7. The summed E-state index contributed by atoms with van der Waals surface area (Å²) in [6.07, 6.45) is 3.27. The van der Waals surface area contributed by atoms with Crippen LogP contribution in [0.1, 0.15) is 18.5 Å². The maximum atomic E-state index is 12.3. The van der Waals surface area contributed by atoms with Crippen molar-refractivity contribution in [3.8, 4) is 0 Å². The molecule has 1 atom stereocenters. The second-order valence-electron chi connectivity index (χ2n) is 4.32. The van der Waals surface area contributed by atoms with Crippen LogP contribution in [0.2, 0.25) is 0 Å². The number of hydrogen-bond donors (Lipinski definition) is 2. The minimum absolute atomic E-state index is 0.155. The quantitative estimate of drug-likeness (QED) is 0.825. The van der Waals surface area contributed by atoms with Crippen molar-refractivity contribution in [1.82, 2.24) is 9.71 Å². The molecule has 3 N–H and O–H groups in total.